The van der Waals surface area contributed by atoms with Gasteiger partial charge >= 0.3 is 0 Å². The molecule has 1 atom stereocenters. The minimum Gasteiger partial charge on any atom is -0.320 e. The Morgan fingerprint density at radius 2 is 1.94 bits per heavy atom. The largest absolute Gasteiger partial charge is 0.320 e. The molecule has 5 heteroatoms. The number of rotatable bonds is 2. The average Bonchev–Trinajstić information content (AvgIpc) is 2.35. The molecule has 0 aliphatic heterocycles. The molecule has 2 rings (SSSR count). The van der Waals surface area contributed by atoms with Gasteiger partial charge in [-0.3, -0.25) is 4.98 Å². The summed E-state index contributed by atoms with van der Waals surface area (Å²) in [5.74, 6) is -1.34. The maximum absolute atomic E-state index is 13.9. The van der Waals surface area contributed by atoms with Crippen LogP contribution in [0.25, 0.3) is 0 Å². The first-order chi connectivity index (χ1) is 8.50. The maximum Gasteiger partial charge on any atom is 0.145 e. The lowest BCUT2D eigenvalue weighted by Crippen LogP contribution is -2.16. The van der Waals surface area contributed by atoms with Crippen LogP contribution >= 0.6 is 15.9 Å². The van der Waals surface area contributed by atoms with Gasteiger partial charge in [-0.1, -0.05) is 6.07 Å². The highest BCUT2D eigenvalue weighted by atomic mass is 79.9. The van der Waals surface area contributed by atoms with E-state index in [2.05, 4.69) is 20.9 Å². The topological polar surface area (TPSA) is 38.9 Å². The normalized spacial score (nSPS) is 12.5. The van der Waals surface area contributed by atoms with E-state index in [1.165, 1.54) is 18.3 Å². The van der Waals surface area contributed by atoms with Gasteiger partial charge in [-0.25, -0.2) is 8.78 Å². The smallest absolute Gasteiger partial charge is 0.145 e. The predicted octanol–water partition coefficient (Wildman–Crippen LogP) is 3.48. The summed E-state index contributed by atoms with van der Waals surface area (Å²) in [6.45, 7) is 1.83. The van der Waals surface area contributed by atoms with Gasteiger partial charge < -0.3 is 5.73 Å². The molecule has 0 aliphatic carbocycles. The van der Waals surface area contributed by atoms with Crippen LogP contribution in [0.4, 0.5) is 8.78 Å². The monoisotopic (exact) mass is 312 g/mol. The lowest BCUT2D eigenvalue weighted by molar-refractivity contribution is 0.539. The first-order valence-electron chi connectivity index (χ1n) is 5.32. The fourth-order valence-electron chi connectivity index (χ4n) is 1.66. The number of nitrogens with zero attached hydrogens (tertiary/aromatic N) is 1. The standard InChI is InChI=1S/C13H11BrF2N2/c1-7-2-3-8(6-18-7)13(17)11-10(15)5-4-9(14)12(11)16/h2-6,13H,17H2,1H3. The van der Waals surface area contributed by atoms with Crippen LogP contribution in [0.2, 0.25) is 0 Å². The van der Waals surface area contributed by atoms with E-state index >= 15 is 0 Å². The molecule has 0 spiro atoms. The number of hydrogen-bond acceptors (Lipinski definition) is 2. The van der Waals surface area contributed by atoms with Gasteiger partial charge in [-0.2, -0.15) is 0 Å². The second kappa shape index (κ2) is 5.12. The maximum atomic E-state index is 13.9. The molecule has 2 N–H and O–H groups in total. The van der Waals surface area contributed by atoms with E-state index in [0.717, 1.165) is 5.69 Å². The summed E-state index contributed by atoms with van der Waals surface area (Å²) in [6, 6.07) is 5.09. The zero-order valence-corrected chi connectivity index (χ0v) is 11.2. The van der Waals surface area contributed by atoms with Crippen molar-refractivity contribution in [1.29, 1.82) is 0 Å². The van der Waals surface area contributed by atoms with Crippen molar-refractivity contribution < 1.29 is 8.78 Å². The fraction of sp³-hybridized carbons (Fsp3) is 0.154. The van der Waals surface area contributed by atoms with Gasteiger partial charge in [0.15, 0.2) is 0 Å². The van der Waals surface area contributed by atoms with E-state index in [4.69, 9.17) is 5.73 Å². The van der Waals surface area contributed by atoms with Crippen LogP contribution < -0.4 is 5.73 Å². The Bertz CT molecular complexity index is 570. The summed E-state index contributed by atoms with van der Waals surface area (Å²) in [7, 11) is 0. The minimum absolute atomic E-state index is 0.157. The summed E-state index contributed by atoms with van der Waals surface area (Å²) in [5, 5.41) is 0. The molecule has 1 unspecified atom stereocenters. The molecular weight excluding hydrogens is 302 g/mol. The summed E-state index contributed by atoms with van der Waals surface area (Å²) in [6.07, 6.45) is 1.53. The molecule has 0 bridgehead atoms. The van der Waals surface area contributed by atoms with Crippen LogP contribution in [0.15, 0.2) is 34.9 Å². The molecule has 0 saturated carbocycles. The second-order valence-corrected chi connectivity index (χ2v) is 4.82. The van der Waals surface area contributed by atoms with Crippen molar-refractivity contribution in [3.8, 4) is 0 Å². The Labute approximate surface area is 112 Å². The third-order valence-electron chi connectivity index (χ3n) is 2.68. The zero-order chi connectivity index (χ0) is 13.3. The molecule has 0 amide bonds. The van der Waals surface area contributed by atoms with Crippen molar-refractivity contribution in [2.75, 3.05) is 0 Å². The van der Waals surface area contributed by atoms with Crippen LogP contribution in [0.3, 0.4) is 0 Å². The highest BCUT2D eigenvalue weighted by Crippen LogP contribution is 2.28. The lowest BCUT2D eigenvalue weighted by Gasteiger charge is -2.15. The third-order valence-corrected chi connectivity index (χ3v) is 3.30. The quantitative estimate of drug-likeness (QED) is 0.862. The molecule has 1 aromatic carbocycles. The second-order valence-electron chi connectivity index (χ2n) is 3.97. The number of pyridine rings is 1. The van der Waals surface area contributed by atoms with Crippen molar-refractivity contribution in [2.24, 2.45) is 5.73 Å². The average molecular weight is 313 g/mol. The lowest BCUT2D eigenvalue weighted by atomic mass is 10.00. The number of aromatic nitrogens is 1. The van der Waals surface area contributed by atoms with E-state index in [1.807, 2.05) is 6.92 Å². The Morgan fingerprint density at radius 1 is 1.22 bits per heavy atom. The molecule has 94 valence electrons. The molecule has 1 aromatic heterocycles. The van der Waals surface area contributed by atoms with Crippen molar-refractivity contribution in [3.05, 3.63) is 63.4 Å². The summed E-state index contributed by atoms with van der Waals surface area (Å²) in [5.41, 5.74) is 7.13. The number of benzene rings is 1. The zero-order valence-electron chi connectivity index (χ0n) is 9.62. The Hall–Kier alpha value is -1.33. The van der Waals surface area contributed by atoms with Crippen molar-refractivity contribution in [2.45, 2.75) is 13.0 Å². The van der Waals surface area contributed by atoms with E-state index in [-0.39, 0.29) is 10.0 Å². The molecule has 2 aromatic rings. The number of hydrogen-bond donors (Lipinski definition) is 1. The SMILES string of the molecule is Cc1ccc(C(N)c2c(F)ccc(Br)c2F)cn1. The molecule has 0 saturated heterocycles. The molecule has 0 aliphatic rings. The van der Waals surface area contributed by atoms with Gasteiger partial charge in [0.25, 0.3) is 0 Å². The molecule has 2 nitrogen and oxygen atoms in total. The highest BCUT2D eigenvalue weighted by Gasteiger charge is 2.20. The molecule has 0 radical (unpaired) electrons. The third kappa shape index (κ3) is 2.42. The van der Waals surface area contributed by atoms with Gasteiger partial charge in [0.05, 0.1) is 10.5 Å². The van der Waals surface area contributed by atoms with Crippen molar-refractivity contribution in [1.82, 2.24) is 4.98 Å². The van der Waals surface area contributed by atoms with Gasteiger partial charge in [0, 0.05) is 17.5 Å². The van der Waals surface area contributed by atoms with Gasteiger partial charge in [-0.15, -0.1) is 0 Å². The van der Waals surface area contributed by atoms with E-state index in [1.54, 1.807) is 12.1 Å². The van der Waals surface area contributed by atoms with Crippen LogP contribution in [-0.4, -0.2) is 4.98 Å². The Balaban J connectivity index is 2.49. The Kier molecular flexibility index (Phi) is 3.73. The Morgan fingerprint density at radius 3 is 2.56 bits per heavy atom. The van der Waals surface area contributed by atoms with Crippen LogP contribution in [0, 0.1) is 18.6 Å². The van der Waals surface area contributed by atoms with Gasteiger partial charge in [-0.05, 0) is 46.6 Å². The van der Waals surface area contributed by atoms with Gasteiger partial charge in [0.2, 0.25) is 0 Å². The van der Waals surface area contributed by atoms with Crippen LogP contribution in [-0.2, 0) is 0 Å². The van der Waals surface area contributed by atoms with Crippen molar-refractivity contribution in [3.63, 3.8) is 0 Å². The summed E-state index contributed by atoms with van der Waals surface area (Å²) < 4.78 is 27.8. The molecule has 0 fully saturated rings. The highest BCUT2D eigenvalue weighted by molar-refractivity contribution is 9.10. The summed E-state index contributed by atoms with van der Waals surface area (Å²) >= 11 is 3.02. The molecular formula is C13H11BrF2N2. The minimum atomic E-state index is -0.879. The molecule has 1 heterocycles. The first kappa shape index (κ1) is 13.1. The van der Waals surface area contributed by atoms with Crippen LogP contribution in [0.5, 0.6) is 0 Å². The van der Waals surface area contributed by atoms with Crippen LogP contribution in [0.1, 0.15) is 22.9 Å². The van der Waals surface area contributed by atoms with Gasteiger partial charge in [0.1, 0.15) is 11.6 Å². The van der Waals surface area contributed by atoms with E-state index in [0.29, 0.717) is 5.56 Å². The fourth-order valence-corrected chi connectivity index (χ4v) is 2.00. The van der Waals surface area contributed by atoms with Crippen molar-refractivity contribution >= 4 is 15.9 Å². The first-order valence-corrected chi connectivity index (χ1v) is 6.11. The van der Waals surface area contributed by atoms with E-state index in [9.17, 15) is 8.78 Å². The molecule has 18 heavy (non-hydrogen) atoms. The number of aryl methyl sites for hydroxylation is 1. The number of halogens is 3. The predicted molar refractivity (Wildman–Crippen MR) is 69.1 cm³/mol. The van der Waals surface area contributed by atoms with E-state index < -0.39 is 17.7 Å². The summed E-state index contributed by atoms with van der Waals surface area (Å²) in [4.78, 5) is 4.07. The number of nitrogens with two attached hydrogens (primary N) is 1.